The minimum atomic E-state index is -0.978. The Morgan fingerprint density at radius 3 is 2.45 bits per heavy atom. The topological polar surface area (TPSA) is 201 Å². The number of fused-ring (bicyclic) bond motifs is 2. The van der Waals surface area contributed by atoms with Crippen molar-refractivity contribution in [2.45, 2.75) is 95.5 Å². The van der Waals surface area contributed by atoms with E-state index >= 15 is 0 Å². The number of amides is 5. The smallest absolute Gasteiger partial charge is 0.293 e. The van der Waals surface area contributed by atoms with Crippen LogP contribution in [0.4, 0.5) is 23.1 Å². The van der Waals surface area contributed by atoms with E-state index in [0.717, 1.165) is 99.3 Å². The van der Waals surface area contributed by atoms with E-state index in [1.807, 2.05) is 38.1 Å². The van der Waals surface area contributed by atoms with Crippen molar-refractivity contribution >= 4 is 75.2 Å². The van der Waals surface area contributed by atoms with Crippen molar-refractivity contribution in [3.8, 4) is 5.75 Å². The highest BCUT2D eigenvalue weighted by Gasteiger charge is 2.49. The summed E-state index contributed by atoms with van der Waals surface area (Å²) in [6.07, 6.45) is 8.17. The highest BCUT2D eigenvalue weighted by atomic mass is 35.5. The van der Waals surface area contributed by atoms with Crippen molar-refractivity contribution in [2.75, 3.05) is 68.0 Å². The van der Waals surface area contributed by atoms with Gasteiger partial charge in [-0.25, -0.2) is 4.98 Å². The van der Waals surface area contributed by atoms with Crippen molar-refractivity contribution in [3.63, 3.8) is 0 Å². The Hall–Kier alpha value is -6.11. The van der Waals surface area contributed by atoms with Gasteiger partial charge in [0.2, 0.25) is 17.8 Å². The van der Waals surface area contributed by atoms with Crippen LogP contribution in [0.2, 0.25) is 5.02 Å². The molecule has 1 saturated carbocycles. The molecule has 3 N–H and O–H groups in total. The zero-order valence-electron chi connectivity index (χ0n) is 37.9. The van der Waals surface area contributed by atoms with Crippen LogP contribution < -0.4 is 36.0 Å². The average molecular weight is 935 g/mol. The molecule has 4 aromatic rings. The van der Waals surface area contributed by atoms with Crippen LogP contribution in [0.3, 0.4) is 0 Å². The maximum Gasteiger partial charge on any atom is 0.293 e. The Balaban J connectivity index is 0.699. The van der Waals surface area contributed by atoms with Crippen LogP contribution in [0.15, 0.2) is 53.5 Å². The molecule has 1 spiro atoms. The fraction of sp³-hybridized carbons (Fsp3) is 0.500. The molecule has 4 saturated heterocycles. The van der Waals surface area contributed by atoms with Crippen molar-refractivity contribution in [1.29, 1.82) is 0 Å². The summed E-state index contributed by atoms with van der Waals surface area (Å²) < 4.78 is 13.9. The number of anilines is 4. The van der Waals surface area contributed by atoms with Crippen molar-refractivity contribution in [2.24, 2.45) is 5.41 Å². The lowest BCUT2D eigenvalue weighted by atomic mass is 9.85. The molecule has 2 unspecified atom stereocenters. The van der Waals surface area contributed by atoms with E-state index < -0.39 is 29.7 Å². The molecular weight excluding hydrogens is 880 g/mol. The number of rotatable bonds is 12. The van der Waals surface area contributed by atoms with Crippen LogP contribution in [-0.2, 0) is 19.1 Å². The number of halogens is 1. The lowest BCUT2D eigenvalue weighted by Crippen LogP contribution is -2.54. The lowest BCUT2D eigenvalue weighted by Gasteiger charge is -2.44. The molecule has 5 fully saturated rings. The zero-order valence-corrected chi connectivity index (χ0v) is 38.6. The van der Waals surface area contributed by atoms with Gasteiger partial charge >= 0.3 is 0 Å². The number of nitrogens with one attached hydrogen (secondary N) is 3. The molecule has 19 heteroatoms. The van der Waals surface area contributed by atoms with E-state index in [-0.39, 0.29) is 60.3 Å². The first-order chi connectivity index (χ1) is 32.3. The van der Waals surface area contributed by atoms with Gasteiger partial charge < -0.3 is 34.5 Å². The molecule has 5 amide bonds. The second kappa shape index (κ2) is 17.8. The number of pyridine rings is 1. The predicted octanol–water partition coefficient (Wildman–Crippen LogP) is 4.41. The average Bonchev–Trinajstić information content (AvgIpc) is 3.99. The summed E-state index contributed by atoms with van der Waals surface area (Å²) in [4.78, 5) is 93.6. The molecule has 18 nitrogen and oxygen atoms in total. The zero-order chi connectivity index (χ0) is 46.7. The predicted molar refractivity (Wildman–Crippen MR) is 250 cm³/mol. The third-order valence-corrected chi connectivity index (χ3v) is 14.8. The van der Waals surface area contributed by atoms with Crippen LogP contribution in [-0.4, -0.2) is 131 Å². The van der Waals surface area contributed by atoms with Crippen LogP contribution in [0.5, 0.6) is 5.75 Å². The number of hydrogen-bond acceptors (Lipinski definition) is 14. The van der Waals surface area contributed by atoms with Gasteiger partial charge in [-0.05, 0) is 108 Å². The third kappa shape index (κ3) is 8.59. The summed E-state index contributed by atoms with van der Waals surface area (Å²) in [5.74, 6) is -1.16. The molecule has 2 aromatic heterocycles. The molecule has 1 aliphatic carbocycles. The van der Waals surface area contributed by atoms with Crippen molar-refractivity contribution in [1.82, 2.24) is 35.0 Å². The van der Waals surface area contributed by atoms with E-state index in [1.165, 1.54) is 7.05 Å². The second-order valence-corrected chi connectivity index (χ2v) is 19.6. The summed E-state index contributed by atoms with van der Waals surface area (Å²) in [5, 5.41) is 9.22. The van der Waals surface area contributed by atoms with Gasteiger partial charge in [0.05, 0.1) is 35.0 Å². The van der Waals surface area contributed by atoms with Gasteiger partial charge in [-0.1, -0.05) is 11.6 Å². The van der Waals surface area contributed by atoms with E-state index in [1.54, 1.807) is 29.0 Å². The molecule has 2 aromatic carbocycles. The first-order valence-corrected chi connectivity index (χ1v) is 23.7. The summed E-state index contributed by atoms with van der Waals surface area (Å²) in [6, 6.07) is 12.1. The number of likely N-dealkylation sites (tertiary alicyclic amines) is 1. The van der Waals surface area contributed by atoms with Gasteiger partial charge in [0.15, 0.2) is 18.2 Å². The number of benzene rings is 2. The number of imide groups is 2. The lowest BCUT2D eigenvalue weighted by molar-refractivity contribution is -0.136. The molecule has 10 rings (SSSR count). The van der Waals surface area contributed by atoms with Gasteiger partial charge in [0.1, 0.15) is 11.1 Å². The summed E-state index contributed by atoms with van der Waals surface area (Å²) in [5.41, 5.74) is 2.83. The van der Waals surface area contributed by atoms with Crippen LogP contribution in [0, 0.1) is 5.41 Å². The molecule has 352 valence electrons. The number of carbonyl (C=O) groups excluding carboxylic acids is 5. The Labute approximate surface area is 392 Å². The molecule has 0 radical (unpaired) electrons. The number of nitrogens with zero attached hydrogens (tertiary/aromatic N) is 7. The molecule has 2 atom stereocenters. The Bertz CT molecular complexity index is 2730. The number of likely N-dealkylation sites (N-methyl/N-ethyl adjacent to an activating group) is 1. The van der Waals surface area contributed by atoms with Crippen LogP contribution in [0.1, 0.15) is 92.0 Å². The van der Waals surface area contributed by atoms with E-state index in [2.05, 4.69) is 35.6 Å². The second-order valence-electron chi connectivity index (χ2n) is 19.1. The van der Waals surface area contributed by atoms with Gasteiger partial charge in [-0.2, -0.15) is 4.98 Å². The maximum atomic E-state index is 13.5. The largest absolute Gasteiger partial charge is 0.478 e. The minimum Gasteiger partial charge on any atom is -0.478 e. The van der Waals surface area contributed by atoms with Gasteiger partial charge in [0, 0.05) is 80.5 Å². The maximum absolute atomic E-state index is 13.5. The quantitative estimate of drug-likeness (QED) is 0.169. The highest BCUT2D eigenvalue weighted by Crippen LogP contribution is 2.45. The first kappa shape index (κ1) is 44.7. The van der Waals surface area contributed by atoms with Crippen LogP contribution in [0.25, 0.3) is 10.9 Å². The van der Waals surface area contributed by atoms with Crippen LogP contribution >= 0.6 is 11.6 Å². The number of hydrogen-bond donors (Lipinski definition) is 3. The van der Waals surface area contributed by atoms with E-state index in [9.17, 15) is 28.8 Å². The summed E-state index contributed by atoms with van der Waals surface area (Å²) in [7, 11) is 1.51. The van der Waals surface area contributed by atoms with Gasteiger partial charge in [0.25, 0.3) is 23.3 Å². The minimum absolute atomic E-state index is 0.0894. The number of ether oxygens (including phenoxy) is 2. The van der Waals surface area contributed by atoms with E-state index in [0.29, 0.717) is 39.6 Å². The SMILES string of the molecule is CNC(=O)COc1cc2cc(Nc3nc(N4CCC(OC5CC(N6CCC7(CCN(c8ccc9c(c8)C(=O)N(C8CCC(=O)NC8=O)C9=O)C7)C6)C5)CC4)ncc3Cl)ccc2n(C(C)C)c1=O. The number of carbonyl (C=O) groups is 5. The van der Waals surface area contributed by atoms with Gasteiger partial charge in [-0.3, -0.25) is 43.9 Å². The number of piperidine rings is 2. The normalized spacial score (nSPS) is 24.5. The fourth-order valence-electron chi connectivity index (χ4n) is 10.8. The summed E-state index contributed by atoms with van der Waals surface area (Å²) >= 11 is 6.61. The molecule has 5 aliphatic heterocycles. The number of aromatic nitrogens is 3. The molecule has 7 heterocycles. The Morgan fingerprint density at radius 1 is 0.910 bits per heavy atom. The molecule has 6 aliphatic rings. The monoisotopic (exact) mass is 934 g/mol. The Morgan fingerprint density at radius 2 is 1.69 bits per heavy atom. The summed E-state index contributed by atoms with van der Waals surface area (Å²) in [6.45, 7) is 8.91. The Kier molecular flexibility index (Phi) is 11.9. The van der Waals surface area contributed by atoms with Crippen molar-refractivity contribution in [3.05, 3.63) is 75.2 Å². The molecule has 67 heavy (non-hydrogen) atoms. The highest BCUT2D eigenvalue weighted by molar-refractivity contribution is 6.33. The molecular formula is C48H55ClN10O8. The van der Waals surface area contributed by atoms with Gasteiger partial charge in [-0.15, -0.1) is 0 Å². The third-order valence-electron chi connectivity index (χ3n) is 14.5. The standard InChI is InChI=1S/C48H55ClN10O8/c1-27(2)58-37-7-4-29(18-28(37)19-39(46(58)65)66-24-41(61)50-3)52-42-36(49)23-51-47(54-42)55-14-10-32(11-15-55)67-33-20-31(21-33)57-17-13-48(26-57)12-16-56(25-48)30-5-6-34-35(22-30)45(64)59(44(34)63)38-8-9-40(60)53-43(38)62/h4-7,18-19,22-23,27,31-33,38H,8-17,20-21,24-26H2,1-3H3,(H,50,61)(H,51,52,54)(H,53,60,62). The first-order valence-electron chi connectivity index (χ1n) is 23.3. The molecule has 0 bridgehead atoms. The van der Waals surface area contributed by atoms with E-state index in [4.69, 9.17) is 26.1 Å². The van der Waals surface area contributed by atoms with Crippen molar-refractivity contribution < 1.29 is 33.4 Å². The fourth-order valence-corrected chi connectivity index (χ4v) is 10.9.